The summed E-state index contributed by atoms with van der Waals surface area (Å²) in [6, 6.07) is 6.54. The Morgan fingerprint density at radius 3 is 2.21 bits per heavy atom. The monoisotopic (exact) mass is 394 g/mol. The number of esters is 2. The van der Waals surface area contributed by atoms with Crippen LogP contribution in [0.2, 0.25) is 0 Å². The minimum Gasteiger partial charge on any atom is -0.465 e. The van der Waals surface area contributed by atoms with Crippen molar-refractivity contribution in [2.24, 2.45) is 0 Å². The van der Waals surface area contributed by atoms with Crippen molar-refractivity contribution in [2.45, 2.75) is 39.3 Å². The zero-order valence-corrected chi connectivity index (χ0v) is 16.5. The maximum absolute atomic E-state index is 11.7. The third-order valence-electron chi connectivity index (χ3n) is 3.23. The van der Waals surface area contributed by atoms with E-state index in [1.807, 2.05) is 0 Å². The molecule has 0 saturated heterocycles. The molecule has 1 aromatic rings. The van der Waals surface area contributed by atoms with Crippen LogP contribution in [0.5, 0.6) is 0 Å². The fourth-order valence-corrected chi connectivity index (χ4v) is 1.93. The van der Waals surface area contributed by atoms with E-state index in [1.54, 1.807) is 45.0 Å². The number of methoxy groups -OCH3 is 1. The van der Waals surface area contributed by atoms with Gasteiger partial charge in [0.25, 0.3) is 5.91 Å². The van der Waals surface area contributed by atoms with Gasteiger partial charge in [0, 0.05) is 13.1 Å². The normalized spacial score (nSPS) is 10.6. The van der Waals surface area contributed by atoms with Crippen molar-refractivity contribution in [1.82, 2.24) is 10.6 Å². The molecule has 1 rings (SSSR count). The van der Waals surface area contributed by atoms with Crippen LogP contribution in [0.1, 0.15) is 43.1 Å². The molecule has 1 aromatic carbocycles. The number of hydrogen-bond donors (Lipinski definition) is 2. The fourth-order valence-electron chi connectivity index (χ4n) is 1.93. The molecule has 154 valence electrons. The van der Waals surface area contributed by atoms with Crippen LogP contribution in [0.25, 0.3) is 0 Å². The molecule has 0 atom stereocenters. The second-order valence-electron chi connectivity index (χ2n) is 6.80. The fraction of sp³-hybridized carbons (Fsp3) is 0.474. The number of alkyl carbamates (subject to hydrolysis) is 1. The Morgan fingerprint density at radius 1 is 1.00 bits per heavy atom. The number of rotatable bonds is 8. The number of ether oxygens (including phenoxy) is 3. The van der Waals surface area contributed by atoms with Crippen molar-refractivity contribution in [3.63, 3.8) is 0 Å². The Kier molecular flexibility index (Phi) is 8.94. The summed E-state index contributed by atoms with van der Waals surface area (Å²) >= 11 is 0. The lowest BCUT2D eigenvalue weighted by molar-refractivity contribution is -0.148. The summed E-state index contributed by atoms with van der Waals surface area (Å²) in [7, 11) is 1.30. The molecule has 0 aliphatic heterocycles. The summed E-state index contributed by atoms with van der Waals surface area (Å²) in [5, 5.41) is 5.02. The molecule has 2 N–H and O–H groups in total. The molecule has 0 aromatic heterocycles. The van der Waals surface area contributed by atoms with Crippen molar-refractivity contribution in [3.05, 3.63) is 35.4 Å². The van der Waals surface area contributed by atoms with Gasteiger partial charge in [0.1, 0.15) is 5.60 Å². The van der Waals surface area contributed by atoms with Gasteiger partial charge in [-0.25, -0.2) is 9.59 Å². The minimum atomic E-state index is -0.628. The predicted octanol–water partition coefficient (Wildman–Crippen LogP) is 1.55. The van der Waals surface area contributed by atoms with Gasteiger partial charge in [0.05, 0.1) is 19.1 Å². The first kappa shape index (κ1) is 22.9. The molecular formula is C19H26N2O7. The highest BCUT2D eigenvalue weighted by molar-refractivity contribution is 5.89. The van der Waals surface area contributed by atoms with Gasteiger partial charge in [-0.15, -0.1) is 0 Å². The number of hydrogen-bond acceptors (Lipinski definition) is 7. The van der Waals surface area contributed by atoms with Crippen molar-refractivity contribution in [3.8, 4) is 0 Å². The molecule has 0 aliphatic rings. The second kappa shape index (κ2) is 10.9. The second-order valence-corrected chi connectivity index (χ2v) is 6.80. The molecule has 2 amide bonds. The van der Waals surface area contributed by atoms with E-state index in [2.05, 4.69) is 15.4 Å². The van der Waals surface area contributed by atoms with Gasteiger partial charge in [-0.05, 0) is 38.5 Å². The smallest absolute Gasteiger partial charge is 0.407 e. The van der Waals surface area contributed by atoms with Gasteiger partial charge in [-0.1, -0.05) is 12.1 Å². The average molecular weight is 394 g/mol. The molecule has 0 fully saturated rings. The van der Waals surface area contributed by atoms with Gasteiger partial charge in [0.15, 0.2) is 6.61 Å². The standard InChI is InChI=1S/C19H26N2O7/c1-19(2,3)28-18(25)20-10-9-16(23)27-12-15(22)21-11-13-5-7-14(8-6-13)17(24)26-4/h5-8H,9-12H2,1-4H3,(H,20,25)(H,21,22). The third-order valence-corrected chi connectivity index (χ3v) is 3.23. The highest BCUT2D eigenvalue weighted by Gasteiger charge is 2.16. The summed E-state index contributed by atoms with van der Waals surface area (Å²) in [6.45, 7) is 5.03. The first-order valence-electron chi connectivity index (χ1n) is 8.67. The maximum Gasteiger partial charge on any atom is 0.407 e. The molecule has 0 spiro atoms. The van der Waals surface area contributed by atoms with Crippen molar-refractivity contribution in [2.75, 3.05) is 20.3 Å². The summed E-state index contributed by atoms with van der Waals surface area (Å²) in [5.41, 5.74) is 0.558. The summed E-state index contributed by atoms with van der Waals surface area (Å²) in [5.74, 6) is -1.53. The molecule has 0 saturated carbocycles. The van der Waals surface area contributed by atoms with Crippen molar-refractivity contribution >= 4 is 23.9 Å². The molecule has 0 unspecified atom stereocenters. The van der Waals surface area contributed by atoms with Crippen LogP contribution in [0.3, 0.4) is 0 Å². The van der Waals surface area contributed by atoms with E-state index in [9.17, 15) is 19.2 Å². The van der Waals surface area contributed by atoms with E-state index in [4.69, 9.17) is 9.47 Å². The summed E-state index contributed by atoms with van der Waals surface area (Å²) in [4.78, 5) is 46.1. The Balaban J connectivity index is 2.23. The van der Waals surface area contributed by atoms with Crippen molar-refractivity contribution < 1.29 is 33.4 Å². The van der Waals surface area contributed by atoms with E-state index in [-0.39, 0.29) is 19.5 Å². The molecular weight excluding hydrogens is 368 g/mol. The van der Waals surface area contributed by atoms with Gasteiger partial charge >= 0.3 is 18.0 Å². The Morgan fingerprint density at radius 2 is 1.64 bits per heavy atom. The molecule has 0 bridgehead atoms. The van der Waals surface area contributed by atoms with Gasteiger partial charge in [-0.3, -0.25) is 9.59 Å². The number of carbonyl (C=O) groups excluding carboxylic acids is 4. The average Bonchev–Trinajstić information content (AvgIpc) is 2.63. The van der Waals surface area contributed by atoms with E-state index in [0.29, 0.717) is 5.56 Å². The number of nitrogens with one attached hydrogen (secondary N) is 2. The SMILES string of the molecule is COC(=O)c1ccc(CNC(=O)COC(=O)CCNC(=O)OC(C)(C)C)cc1. The molecule has 9 nitrogen and oxygen atoms in total. The van der Waals surface area contributed by atoms with E-state index in [0.717, 1.165) is 5.56 Å². The molecule has 28 heavy (non-hydrogen) atoms. The molecule has 0 aliphatic carbocycles. The lowest BCUT2D eigenvalue weighted by atomic mass is 10.1. The number of carbonyl (C=O) groups is 4. The van der Waals surface area contributed by atoms with Crippen LogP contribution in [0.4, 0.5) is 4.79 Å². The van der Waals surface area contributed by atoms with Gasteiger partial charge in [-0.2, -0.15) is 0 Å². The van der Waals surface area contributed by atoms with Crippen LogP contribution in [-0.2, 0) is 30.3 Å². The first-order valence-corrected chi connectivity index (χ1v) is 8.67. The third kappa shape index (κ3) is 9.56. The molecule has 0 radical (unpaired) electrons. The summed E-state index contributed by atoms with van der Waals surface area (Å²) in [6.07, 6.45) is -0.710. The van der Waals surface area contributed by atoms with Crippen LogP contribution in [0.15, 0.2) is 24.3 Å². The summed E-state index contributed by atoms with van der Waals surface area (Å²) < 4.78 is 14.5. The number of benzene rings is 1. The zero-order valence-electron chi connectivity index (χ0n) is 16.5. The minimum absolute atomic E-state index is 0.0436. The van der Waals surface area contributed by atoms with Crippen LogP contribution >= 0.6 is 0 Å². The van der Waals surface area contributed by atoms with E-state index in [1.165, 1.54) is 7.11 Å². The largest absolute Gasteiger partial charge is 0.465 e. The Bertz CT molecular complexity index is 693. The van der Waals surface area contributed by atoms with Gasteiger partial charge in [0.2, 0.25) is 0 Å². The highest BCUT2D eigenvalue weighted by atomic mass is 16.6. The predicted molar refractivity (Wildman–Crippen MR) is 99.4 cm³/mol. The first-order chi connectivity index (χ1) is 13.1. The van der Waals surface area contributed by atoms with Crippen LogP contribution in [-0.4, -0.2) is 49.8 Å². The highest BCUT2D eigenvalue weighted by Crippen LogP contribution is 2.06. The molecule has 9 heteroatoms. The number of amides is 2. The lowest BCUT2D eigenvalue weighted by Gasteiger charge is -2.19. The van der Waals surface area contributed by atoms with Crippen LogP contribution < -0.4 is 10.6 Å². The topological polar surface area (TPSA) is 120 Å². The van der Waals surface area contributed by atoms with E-state index >= 15 is 0 Å². The lowest BCUT2D eigenvalue weighted by Crippen LogP contribution is -2.34. The maximum atomic E-state index is 11.7. The quantitative estimate of drug-likeness (QED) is 0.507. The van der Waals surface area contributed by atoms with E-state index < -0.39 is 36.1 Å². The van der Waals surface area contributed by atoms with Crippen LogP contribution in [0, 0.1) is 0 Å². The Hall–Kier alpha value is -3.10. The Labute approximate surface area is 163 Å². The van der Waals surface area contributed by atoms with Crippen molar-refractivity contribution in [1.29, 1.82) is 0 Å². The molecule has 0 heterocycles. The zero-order chi connectivity index (χ0) is 21.2. The van der Waals surface area contributed by atoms with Gasteiger partial charge < -0.3 is 24.8 Å².